The second kappa shape index (κ2) is 7.59. The fourth-order valence-electron chi connectivity index (χ4n) is 2.85. The lowest BCUT2D eigenvalue weighted by molar-refractivity contribution is -0.143. The number of hydrogen-bond donors (Lipinski definition) is 2. The molecule has 0 bridgehead atoms. The summed E-state index contributed by atoms with van der Waals surface area (Å²) >= 11 is 3.42. The fraction of sp³-hybridized carbons (Fsp3) is 0.500. The lowest BCUT2D eigenvalue weighted by Crippen LogP contribution is -2.43. The Kier molecular flexibility index (Phi) is 5.79. The number of carbonyl (C=O) groups is 2. The molecule has 0 aromatic heterocycles. The molecule has 1 fully saturated rings. The monoisotopic (exact) mass is 353 g/mol. The van der Waals surface area contributed by atoms with Gasteiger partial charge in [-0.15, -0.1) is 0 Å². The summed E-state index contributed by atoms with van der Waals surface area (Å²) in [6.07, 6.45) is 4.61. The van der Waals surface area contributed by atoms with E-state index in [1.165, 1.54) is 0 Å². The third-order valence-electron chi connectivity index (χ3n) is 3.99. The molecule has 0 unspecified atom stereocenters. The van der Waals surface area contributed by atoms with Gasteiger partial charge in [0.15, 0.2) is 0 Å². The van der Waals surface area contributed by atoms with Crippen LogP contribution in [0.25, 0.3) is 0 Å². The summed E-state index contributed by atoms with van der Waals surface area (Å²) in [7, 11) is 0. The van der Waals surface area contributed by atoms with Gasteiger partial charge in [-0.25, -0.2) is 0 Å². The molecule has 114 valence electrons. The topological polar surface area (TPSA) is 66.4 Å². The summed E-state index contributed by atoms with van der Waals surface area (Å²) < 4.78 is 0.899. The standard InChI is InChI=1S/C16H20BrNO3/c17-13-8-5-4-6-11(13)10-15(19)18-14-9-3-1-2-7-12(14)16(20)21/h4-6,8,12,14H,1-3,7,9-10H2,(H,18,19)(H,20,21)/t12-,14+/m1/s1. The number of amides is 1. The van der Waals surface area contributed by atoms with Crippen molar-refractivity contribution in [2.45, 2.75) is 44.6 Å². The first-order chi connectivity index (χ1) is 10.1. The van der Waals surface area contributed by atoms with Crippen molar-refractivity contribution in [1.29, 1.82) is 0 Å². The minimum absolute atomic E-state index is 0.111. The van der Waals surface area contributed by atoms with Gasteiger partial charge in [-0.3, -0.25) is 9.59 Å². The molecule has 0 saturated heterocycles. The van der Waals surface area contributed by atoms with Crippen molar-refractivity contribution < 1.29 is 14.7 Å². The highest BCUT2D eigenvalue weighted by Gasteiger charge is 2.30. The molecule has 1 aliphatic carbocycles. The third kappa shape index (κ3) is 4.56. The minimum Gasteiger partial charge on any atom is -0.481 e. The Morgan fingerprint density at radius 3 is 2.62 bits per heavy atom. The van der Waals surface area contributed by atoms with Gasteiger partial charge in [0.1, 0.15) is 0 Å². The molecule has 1 aromatic carbocycles. The number of halogens is 1. The molecule has 21 heavy (non-hydrogen) atoms. The first-order valence-corrected chi connectivity index (χ1v) is 8.13. The number of carboxylic acid groups (broad SMARTS) is 1. The Hall–Kier alpha value is -1.36. The van der Waals surface area contributed by atoms with Crippen LogP contribution in [0, 0.1) is 5.92 Å². The Bertz CT molecular complexity index is 518. The number of benzene rings is 1. The summed E-state index contributed by atoms with van der Waals surface area (Å²) in [4.78, 5) is 23.5. The van der Waals surface area contributed by atoms with Crippen LogP contribution in [-0.4, -0.2) is 23.0 Å². The molecular formula is C16H20BrNO3. The number of nitrogens with one attached hydrogen (secondary N) is 1. The van der Waals surface area contributed by atoms with Crippen molar-refractivity contribution in [3.63, 3.8) is 0 Å². The molecule has 1 saturated carbocycles. The van der Waals surface area contributed by atoms with Crippen molar-refractivity contribution in [2.75, 3.05) is 0 Å². The molecule has 4 nitrogen and oxygen atoms in total. The molecule has 1 aliphatic rings. The van der Waals surface area contributed by atoms with Gasteiger partial charge < -0.3 is 10.4 Å². The van der Waals surface area contributed by atoms with Crippen molar-refractivity contribution in [3.8, 4) is 0 Å². The third-order valence-corrected chi connectivity index (χ3v) is 4.76. The molecule has 1 amide bonds. The smallest absolute Gasteiger partial charge is 0.308 e. The van der Waals surface area contributed by atoms with Gasteiger partial charge in [-0.05, 0) is 24.5 Å². The second-order valence-electron chi connectivity index (χ2n) is 5.52. The Morgan fingerprint density at radius 2 is 1.90 bits per heavy atom. The van der Waals surface area contributed by atoms with E-state index in [1.54, 1.807) is 0 Å². The van der Waals surface area contributed by atoms with Crippen molar-refractivity contribution in [2.24, 2.45) is 5.92 Å². The maximum atomic E-state index is 12.2. The van der Waals surface area contributed by atoms with Crippen LogP contribution in [0.15, 0.2) is 28.7 Å². The van der Waals surface area contributed by atoms with Gasteiger partial charge in [0.25, 0.3) is 0 Å². The van der Waals surface area contributed by atoms with Gasteiger partial charge in [-0.2, -0.15) is 0 Å². The maximum absolute atomic E-state index is 12.2. The highest BCUT2D eigenvalue weighted by molar-refractivity contribution is 9.10. The van der Waals surface area contributed by atoms with E-state index in [4.69, 9.17) is 0 Å². The Morgan fingerprint density at radius 1 is 1.19 bits per heavy atom. The number of aliphatic carboxylic acids is 1. The summed E-state index contributed by atoms with van der Waals surface area (Å²) in [6.45, 7) is 0. The summed E-state index contributed by atoms with van der Waals surface area (Å²) in [5, 5.41) is 12.2. The SMILES string of the molecule is O=C(Cc1ccccc1Br)N[C@H]1CCCCC[C@H]1C(=O)O. The number of hydrogen-bond acceptors (Lipinski definition) is 2. The van der Waals surface area contributed by atoms with Crippen LogP contribution >= 0.6 is 15.9 Å². The first-order valence-electron chi connectivity index (χ1n) is 7.33. The van der Waals surface area contributed by atoms with Crippen LogP contribution in [0.3, 0.4) is 0 Å². The van der Waals surface area contributed by atoms with Crippen molar-refractivity contribution >= 4 is 27.8 Å². The van der Waals surface area contributed by atoms with Crippen molar-refractivity contribution in [3.05, 3.63) is 34.3 Å². The van der Waals surface area contributed by atoms with E-state index in [0.717, 1.165) is 35.7 Å². The molecule has 2 atom stereocenters. The Balaban J connectivity index is 2.00. The maximum Gasteiger partial charge on any atom is 0.308 e. The zero-order valence-electron chi connectivity index (χ0n) is 11.8. The summed E-state index contributed by atoms with van der Waals surface area (Å²) in [6, 6.07) is 7.33. The zero-order valence-corrected chi connectivity index (χ0v) is 13.4. The summed E-state index contributed by atoms with van der Waals surface area (Å²) in [5.74, 6) is -1.38. The molecule has 2 N–H and O–H groups in total. The molecule has 0 heterocycles. The predicted molar refractivity (Wildman–Crippen MR) is 84.0 cm³/mol. The summed E-state index contributed by atoms with van der Waals surface area (Å²) in [5.41, 5.74) is 0.912. The fourth-order valence-corrected chi connectivity index (χ4v) is 3.27. The van der Waals surface area contributed by atoms with Crippen LogP contribution < -0.4 is 5.32 Å². The van der Waals surface area contributed by atoms with Crippen LogP contribution in [0.2, 0.25) is 0 Å². The average molecular weight is 354 g/mol. The normalized spacial score (nSPS) is 22.3. The Labute approximate surface area is 133 Å². The van der Waals surface area contributed by atoms with E-state index in [0.29, 0.717) is 6.42 Å². The van der Waals surface area contributed by atoms with Crippen molar-refractivity contribution in [1.82, 2.24) is 5.32 Å². The molecule has 0 spiro atoms. The molecule has 0 aliphatic heterocycles. The van der Waals surface area contributed by atoms with Gasteiger partial charge in [-0.1, -0.05) is 53.4 Å². The highest BCUT2D eigenvalue weighted by atomic mass is 79.9. The van der Waals surface area contributed by atoms with E-state index in [1.807, 2.05) is 24.3 Å². The van der Waals surface area contributed by atoms with Crippen LogP contribution in [0.5, 0.6) is 0 Å². The van der Waals surface area contributed by atoms with Gasteiger partial charge >= 0.3 is 5.97 Å². The zero-order chi connectivity index (χ0) is 15.2. The molecule has 1 aromatic rings. The van der Waals surface area contributed by atoms with E-state index >= 15 is 0 Å². The lowest BCUT2D eigenvalue weighted by atomic mass is 9.94. The van der Waals surface area contributed by atoms with E-state index in [-0.39, 0.29) is 18.4 Å². The number of rotatable bonds is 4. The van der Waals surface area contributed by atoms with Gasteiger partial charge in [0.2, 0.25) is 5.91 Å². The van der Waals surface area contributed by atoms with Crippen LogP contribution in [0.1, 0.15) is 37.7 Å². The van der Waals surface area contributed by atoms with Gasteiger partial charge in [0, 0.05) is 10.5 Å². The number of carbonyl (C=O) groups excluding carboxylic acids is 1. The van der Waals surface area contributed by atoms with Gasteiger partial charge in [0.05, 0.1) is 12.3 Å². The molecule has 5 heteroatoms. The molecule has 2 rings (SSSR count). The highest BCUT2D eigenvalue weighted by Crippen LogP contribution is 2.24. The van der Waals surface area contributed by atoms with Crippen LogP contribution in [-0.2, 0) is 16.0 Å². The quantitative estimate of drug-likeness (QED) is 0.817. The molecular weight excluding hydrogens is 334 g/mol. The second-order valence-corrected chi connectivity index (χ2v) is 6.38. The lowest BCUT2D eigenvalue weighted by Gasteiger charge is -2.23. The molecule has 0 radical (unpaired) electrons. The average Bonchev–Trinajstić information content (AvgIpc) is 2.67. The minimum atomic E-state index is -0.803. The van der Waals surface area contributed by atoms with Crippen LogP contribution in [0.4, 0.5) is 0 Å². The first kappa shape index (κ1) is 16.0. The predicted octanol–water partition coefficient (Wildman–Crippen LogP) is 3.14. The van der Waals surface area contributed by atoms with E-state index < -0.39 is 11.9 Å². The number of carboxylic acids is 1. The van der Waals surface area contributed by atoms with E-state index in [9.17, 15) is 14.7 Å². The largest absolute Gasteiger partial charge is 0.481 e. The van der Waals surface area contributed by atoms with E-state index in [2.05, 4.69) is 21.2 Å².